The zero-order valence-corrected chi connectivity index (χ0v) is 15.3. The minimum absolute atomic E-state index is 0.131. The Bertz CT molecular complexity index is 708. The van der Waals surface area contributed by atoms with Crippen LogP contribution in [-0.4, -0.2) is 22.8 Å². The monoisotopic (exact) mass is 410 g/mol. The Hall–Kier alpha value is -1.86. The molecule has 0 spiro atoms. The van der Waals surface area contributed by atoms with Crippen LogP contribution in [0.2, 0.25) is 0 Å². The predicted octanol–water partition coefficient (Wildman–Crippen LogP) is 4.29. The lowest BCUT2D eigenvalue weighted by Crippen LogP contribution is -2.25. The van der Waals surface area contributed by atoms with Crippen molar-refractivity contribution in [1.82, 2.24) is 0 Å². The molecule has 24 heavy (non-hydrogen) atoms. The molecule has 0 aliphatic heterocycles. The molecule has 0 aliphatic carbocycles. The van der Waals surface area contributed by atoms with Gasteiger partial charge >= 0.3 is 0 Å². The van der Waals surface area contributed by atoms with Crippen molar-refractivity contribution in [3.05, 3.63) is 58.8 Å². The minimum atomic E-state index is -0.382. The number of rotatable bonds is 6. The van der Waals surface area contributed by atoms with Crippen LogP contribution in [0, 0.1) is 5.82 Å². The molecule has 0 radical (unpaired) electrons. The molecule has 2 aromatic carbocycles. The molecule has 0 unspecified atom stereocenters. The van der Waals surface area contributed by atoms with Crippen molar-refractivity contribution in [2.75, 3.05) is 16.4 Å². The summed E-state index contributed by atoms with van der Waals surface area (Å²) in [5, 5.41) is 5.07. The van der Waals surface area contributed by atoms with E-state index in [-0.39, 0.29) is 28.6 Å². The van der Waals surface area contributed by atoms with E-state index in [1.807, 2.05) is 12.1 Å². The average Bonchev–Trinajstić information content (AvgIpc) is 2.57. The molecule has 2 aromatic rings. The number of hydrogen-bond donors (Lipinski definition) is 2. The fourth-order valence-electron chi connectivity index (χ4n) is 1.78. The summed E-state index contributed by atoms with van der Waals surface area (Å²) >= 11 is 4.56. The molecular weight excluding hydrogens is 395 g/mol. The lowest BCUT2D eigenvalue weighted by molar-refractivity contribution is -0.115. The Morgan fingerprint density at radius 1 is 1.04 bits per heavy atom. The first-order valence-corrected chi connectivity index (χ1v) is 9.01. The van der Waals surface area contributed by atoms with Gasteiger partial charge in [0.1, 0.15) is 5.82 Å². The zero-order chi connectivity index (χ0) is 17.5. The number of thioether (sulfide) groups is 1. The van der Waals surface area contributed by atoms with Crippen LogP contribution < -0.4 is 10.6 Å². The van der Waals surface area contributed by atoms with Gasteiger partial charge in [-0.25, -0.2) is 4.39 Å². The third-order valence-electron chi connectivity index (χ3n) is 3.07. The van der Waals surface area contributed by atoms with Gasteiger partial charge in [0.25, 0.3) is 0 Å². The van der Waals surface area contributed by atoms with Crippen molar-refractivity contribution in [1.29, 1.82) is 0 Å². The Kier molecular flexibility index (Phi) is 6.81. The van der Waals surface area contributed by atoms with Gasteiger partial charge in [-0.2, -0.15) is 0 Å². The smallest absolute Gasteiger partial charge is 0.237 e. The molecule has 1 atom stereocenters. The Balaban J connectivity index is 1.77. The third kappa shape index (κ3) is 5.98. The molecule has 126 valence electrons. The van der Waals surface area contributed by atoms with Gasteiger partial charge in [-0.1, -0.05) is 15.9 Å². The SMILES string of the molecule is C[C@H](SCC(=O)Nc1ccc(F)cc1)C(=O)Nc1ccc(Br)cc1. The predicted molar refractivity (Wildman–Crippen MR) is 99.7 cm³/mol. The first kappa shape index (κ1) is 18.5. The number of benzene rings is 2. The van der Waals surface area contributed by atoms with E-state index in [1.54, 1.807) is 19.1 Å². The van der Waals surface area contributed by atoms with Crippen molar-refractivity contribution in [3.63, 3.8) is 0 Å². The molecule has 2 amide bonds. The number of anilines is 2. The molecule has 0 fully saturated rings. The summed E-state index contributed by atoms with van der Waals surface area (Å²) in [6, 6.07) is 12.8. The zero-order valence-electron chi connectivity index (χ0n) is 12.9. The van der Waals surface area contributed by atoms with Crippen LogP contribution in [0.3, 0.4) is 0 Å². The van der Waals surface area contributed by atoms with Crippen molar-refractivity contribution < 1.29 is 14.0 Å². The topological polar surface area (TPSA) is 58.2 Å². The second-order valence-electron chi connectivity index (χ2n) is 5.00. The standard InChI is InChI=1S/C17H16BrFN2O2S/c1-11(17(23)21-15-6-2-12(18)3-7-15)24-10-16(22)20-14-8-4-13(19)5-9-14/h2-9,11H,10H2,1H3,(H,20,22)(H,21,23)/t11-/m0/s1. The maximum atomic E-state index is 12.8. The van der Waals surface area contributed by atoms with E-state index < -0.39 is 0 Å². The van der Waals surface area contributed by atoms with E-state index in [9.17, 15) is 14.0 Å². The number of nitrogens with one attached hydrogen (secondary N) is 2. The van der Waals surface area contributed by atoms with Gasteiger partial charge in [0.15, 0.2) is 0 Å². The molecule has 0 saturated carbocycles. The molecule has 0 heterocycles. The first-order valence-electron chi connectivity index (χ1n) is 7.17. The number of amides is 2. The average molecular weight is 411 g/mol. The highest BCUT2D eigenvalue weighted by Crippen LogP contribution is 2.17. The highest BCUT2D eigenvalue weighted by atomic mass is 79.9. The van der Waals surface area contributed by atoms with Crippen LogP contribution in [0.4, 0.5) is 15.8 Å². The van der Waals surface area contributed by atoms with Gasteiger partial charge in [-0.15, -0.1) is 11.8 Å². The number of halogens is 2. The van der Waals surface area contributed by atoms with Crippen LogP contribution in [0.5, 0.6) is 0 Å². The molecular formula is C17H16BrFN2O2S. The van der Waals surface area contributed by atoms with E-state index in [1.165, 1.54) is 36.0 Å². The number of hydrogen-bond acceptors (Lipinski definition) is 3. The third-order valence-corrected chi connectivity index (χ3v) is 4.74. The van der Waals surface area contributed by atoms with Gasteiger partial charge in [-0.3, -0.25) is 9.59 Å². The number of carbonyl (C=O) groups is 2. The molecule has 2 rings (SSSR count). The minimum Gasteiger partial charge on any atom is -0.325 e. The molecule has 0 saturated heterocycles. The van der Waals surface area contributed by atoms with Crippen LogP contribution in [0.15, 0.2) is 53.0 Å². The lowest BCUT2D eigenvalue weighted by atomic mass is 10.3. The van der Waals surface area contributed by atoms with Crippen LogP contribution in [0.25, 0.3) is 0 Å². The summed E-state index contributed by atoms with van der Waals surface area (Å²) in [5.74, 6) is -0.640. The van der Waals surface area contributed by atoms with E-state index in [0.717, 1.165) is 4.47 Å². The van der Waals surface area contributed by atoms with Gasteiger partial charge in [0.2, 0.25) is 11.8 Å². The summed E-state index contributed by atoms with van der Waals surface area (Å²) in [6.07, 6.45) is 0. The largest absolute Gasteiger partial charge is 0.325 e. The van der Waals surface area contributed by atoms with E-state index in [2.05, 4.69) is 26.6 Å². The quantitative estimate of drug-likeness (QED) is 0.746. The normalized spacial score (nSPS) is 11.6. The maximum absolute atomic E-state index is 12.8. The van der Waals surface area contributed by atoms with E-state index in [0.29, 0.717) is 11.4 Å². The van der Waals surface area contributed by atoms with Crippen molar-refractivity contribution in [2.45, 2.75) is 12.2 Å². The van der Waals surface area contributed by atoms with Crippen LogP contribution >= 0.6 is 27.7 Å². The molecule has 0 bridgehead atoms. The highest BCUT2D eigenvalue weighted by Gasteiger charge is 2.15. The summed E-state index contributed by atoms with van der Waals surface area (Å²) in [5.41, 5.74) is 1.22. The molecule has 0 aliphatic rings. The highest BCUT2D eigenvalue weighted by molar-refractivity contribution is 9.10. The lowest BCUT2D eigenvalue weighted by Gasteiger charge is -2.12. The second-order valence-corrected chi connectivity index (χ2v) is 7.25. The first-order chi connectivity index (χ1) is 11.4. The molecule has 0 aromatic heterocycles. The molecule has 7 heteroatoms. The van der Waals surface area contributed by atoms with Crippen LogP contribution in [0.1, 0.15) is 6.92 Å². The summed E-state index contributed by atoms with van der Waals surface area (Å²) < 4.78 is 13.7. The number of carbonyl (C=O) groups excluding carboxylic acids is 2. The van der Waals surface area contributed by atoms with E-state index in [4.69, 9.17) is 0 Å². The van der Waals surface area contributed by atoms with Crippen LogP contribution in [-0.2, 0) is 9.59 Å². The van der Waals surface area contributed by atoms with Crippen molar-refractivity contribution >= 4 is 50.9 Å². The summed E-state index contributed by atoms with van der Waals surface area (Å²) in [7, 11) is 0. The Morgan fingerprint density at radius 2 is 1.58 bits per heavy atom. The molecule has 4 nitrogen and oxygen atoms in total. The van der Waals surface area contributed by atoms with E-state index >= 15 is 0 Å². The fourth-order valence-corrected chi connectivity index (χ4v) is 2.73. The summed E-state index contributed by atoms with van der Waals surface area (Å²) in [4.78, 5) is 23.9. The summed E-state index contributed by atoms with van der Waals surface area (Å²) in [6.45, 7) is 1.74. The van der Waals surface area contributed by atoms with Crippen molar-refractivity contribution in [2.24, 2.45) is 0 Å². The second kappa shape index (κ2) is 8.84. The Labute approximate surface area is 152 Å². The van der Waals surface area contributed by atoms with Gasteiger partial charge in [0.05, 0.1) is 11.0 Å². The van der Waals surface area contributed by atoms with Crippen molar-refractivity contribution in [3.8, 4) is 0 Å². The maximum Gasteiger partial charge on any atom is 0.237 e. The molecule has 2 N–H and O–H groups in total. The van der Waals surface area contributed by atoms with Gasteiger partial charge in [0, 0.05) is 15.8 Å². The Morgan fingerprint density at radius 3 is 2.21 bits per heavy atom. The van der Waals surface area contributed by atoms with Gasteiger partial charge < -0.3 is 10.6 Å². The van der Waals surface area contributed by atoms with Gasteiger partial charge in [-0.05, 0) is 55.5 Å². The fraction of sp³-hybridized carbons (Fsp3) is 0.176.